The highest BCUT2D eigenvalue weighted by atomic mass is 32.2. The highest BCUT2D eigenvalue weighted by Gasteiger charge is 2.36. The molecule has 0 spiro atoms. The van der Waals surface area contributed by atoms with Crippen LogP contribution >= 0.6 is 0 Å². The maximum Gasteiger partial charge on any atom is 0.243 e. The Kier molecular flexibility index (Phi) is 6.39. The van der Waals surface area contributed by atoms with Crippen LogP contribution in [0.2, 0.25) is 0 Å². The Morgan fingerprint density at radius 2 is 1.59 bits per heavy atom. The number of anilines is 1. The van der Waals surface area contributed by atoms with Gasteiger partial charge in [-0.3, -0.25) is 4.79 Å². The van der Waals surface area contributed by atoms with Crippen molar-refractivity contribution in [2.75, 3.05) is 25.0 Å². The van der Waals surface area contributed by atoms with E-state index < -0.39 is 10.0 Å². The first kappa shape index (κ1) is 22.6. The molecule has 1 amide bonds. The number of sulfonamides is 1. The molecule has 2 aliphatic rings. The number of hydrogen-bond donors (Lipinski definition) is 1. The maximum absolute atomic E-state index is 13.1. The molecule has 0 radical (unpaired) electrons. The Labute approximate surface area is 200 Å². The number of nitrogens with zero attached hydrogens (tertiary/aromatic N) is 1. The maximum atomic E-state index is 13.1. The third-order valence-electron chi connectivity index (χ3n) is 6.79. The number of hydrogen-bond acceptors (Lipinski definition) is 4. The monoisotopic (exact) mass is 476 g/mol. The van der Waals surface area contributed by atoms with Crippen molar-refractivity contribution in [2.24, 2.45) is 11.8 Å². The van der Waals surface area contributed by atoms with Gasteiger partial charge in [-0.25, -0.2) is 8.42 Å². The number of amides is 1. The molecule has 0 saturated carbocycles. The predicted molar refractivity (Wildman–Crippen MR) is 132 cm³/mol. The molecule has 7 heteroatoms. The summed E-state index contributed by atoms with van der Waals surface area (Å²) in [6.07, 6.45) is 1.72. The molecule has 1 N–H and O–H groups in total. The minimum absolute atomic E-state index is 0.0585. The van der Waals surface area contributed by atoms with Gasteiger partial charge in [-0.2, -0.15) is 4.31 Å². The normalized spacial score (nSPS) is 21.5. The largest absolute Gasteiger partial charge is 0.491 e. The smallest absolute Gasteiger partial charge is 0.243 e. The molecule has 2 heterocycles. The lowest BCUT2D eigenvalue weighted by Gasteiger charge is -2.38. The average molecular weight is 477 g/mol. The van der Waals surface area contributed by atoms with Gasteiger partial charge >= 0.3 is 0 Å². The molecule has 0 aromatic heterocycles. The zero-order chi connectivity index (χ0) is 23.5. The Bertz CT molecular complexity index is 1260. The summed E-state index contributed by atoms with van der Waals surface area (Å²) in [4.78, 5) is 13.3. The zero-order valence-electron chi connectivity index (χ0n) is 18.9. The first-order valence-corrected chi connectivity index (χ1v) is 13.1. The average Bonchev–Trinajstić information content (AvgIpc) is 2.86. The second-order valence-electron chi connectivity index (χ2n) is 8.95. The number of nitrogens with one attached hydrogen (secondary N) is 1. The molecule has 0 unspecified atom stereocenters. The summed E-state index contributed by atoms with van der Waals surface area (Å²) in [6, 6.07) is 24.4. The standard InChI is InChI=1S/C27H28N2O4S/c30-27-18-22-13-15-29(34(31,32)24-9-5-2-6-10-24)19-23(22)14-16-33-26-12-11-21(17-25(26)28-27)20-7-3-1-4-8-20/h1-12,17,22-23H,13-16,18-19H2,(H,28,30)/t22-,23-/m0/s1. The number of piperidine rings is 1. The number of ether oxygens (including phenoxy) is 1. The molecule has 34 heavy (non-hydrogen) atoms. The van der Waals surface area contributed by atoms with E-state index in [1.54, 1.807) is 28.6 Å². The van der Waals surface area contributed by atoms with E-state index in [0.29, 0.717) is 55.3 Å². The number of carbonyl (C=O) groups is 1. The van der Waals surface area contributed by atoms with Crippen LogP contribution in [0.1, 0.15) is 19.3 Å². The van der Waals surface area contributed by atoms with Gasteiger partial charge in [-0.1, -0.05) is 54.6 Å². The van der Waals surface area contributed by atoms with Crippen molar-refractivity contribution in [3.8, 4) is 16.9 Å². The Hall–Kier alpha value is -3.16. The van der Waals surface area contributed by atoms with E-state index in [2.05, 4.69) is 5.32 Å². The molecule has 3 aromatic carbocycles. The lowest BCUT2D eigenvalue weighted by molar-refractivity contribution is -0.117. The van der Waals surface area contributed by atoms with Crippen LogP contribution in [-0.2, 0) is 14.8 Å². The molecular weight excluding hydrogens is 448 g/mol. The predicted octanol–water partition coefficient (Wildman–Crippen LogP) is 4.79. The van der Waals surface area contributed by atoms with Gasteiger partial charge in [0.1, 0.15) is 5.75 Å². The summed E-state index contributed by atoms with van der Waals surface area (Å²) in [5.74, 6) is 0.746. The van der Waals surface area contributed by atoms with E-state index in [1.165, 1.54) is 0 Å². The van der Waals surface area contributed by atoms with Crippen LogP contribution in [0.15, 0.2) is 83.8 Å². The van der Waals surface area contributed by atoms with Crippen LogP contribution in [0.25, 0.3) is 11.1 Å². The molecule has 0 bridgehead atoms. The van der Waals surface area contributed by atoms with Crippen LogP contribution < -0.4 is 10.1 Å². The Morgan fingerprint density at radius 1 is 0.853 bits per heavy atom. The van der Waals surface area contributed by atoms with Crippen molar-refractivity contribution in [2.45, 2.75) is 24.2 Å². The number of carbonyl (C=O) groups excluding carboxylic acids is 1. The van der Waals surface area contributed by atoms with E-state index in [9.17, 15) is 13.2 Å². The molecule has 2 atom stereocenters. The van der Waals surface area contributed by atoms with Crippen LogP contribution in [-0.4, -0.2) is 38.3 Å². The summed E-state index contributed by atoms with van der Waals surface area (Å²) in [6.45, 7) is 1.29. The van der Waals surface area contributed by atoms with Crippen molar-refractivity contribution in [3.05, 3.63) is 78.9 Å². The quantitative estimate of drug-likeness (QED) is 0.590. The van der Waals surface area contributed by atoms with Crippen molar-refractivity contribution < 1.29 is 17.9 Å². The van der Waals surface area contributed by atoms with Crippen molar-refractivity contribution in [1.82, 2.24) is 4.31 Å². The molecular formula is C27H28N2O4S. The summed E-state index contributed by atoms with van der Waals surface area (Å²) < 4.78 is 33.9. The second-order valence-corrected chi connectivity index (χ2v) is 10.9. The van der Waals surface area contributed by atoms with Gasteiger partial charge in [-0.05, 0) is 60.1 Å². The molecule has 1 fully saturated rings. The van der Waals surface area contributed by atoms with Crippen LogP contribution in [0.3, 0.4) is 0 Å². The molecule has 0 aliphatic carbocycles. The minimum atomic E-state index is -3.55. The molecule has 5 rings (SSSR count). The van der Waals surface area contributed by atoms with E-state index in [0.717, 1.165) is 11.1 Å². The first-order valence-electron chi connectivity index (χ1n) is 11.7. The number of fused-ring (bicyclic) bond motifs is 2. The fourth-order valence-corrected chi connectivity index (χ4v) is 6.46. The van der Waals surface area contributed by atoms with E-state index in [-0.39, 0.29) is 17.7 Å². The van der Waals surface area contributed by atoms with Crippen LogP contribution in [0, 0.1) is 11.8 Å². The highest BCUT2D eigenvalue weighted by Crippen LogP contribution is 2.36. The summed E-state index contributed by atoms with van der Waals surface area (Å²) in [5.41, 5.74) is 2.76. The topological polar surface area (TPSA) is 75.7 Å². The van der Waals surface area contributed by atoms with Crippen molar-refractivity contribution in [3.63, 3.8) is 0 Å². The van der Waals surface area contributed by atoms with E-state index in [4.69, 9.17) is 4.74 Å². The summed E-state index contributed by atoms with van der Waals surface area (Å²) in [5, 5.41) is 3.04. The first-order chi connectivity index (χ1) is 16.5. The Balaban J connectivity index is 1.35. The van der Waals surface area contributed by atoms with Gasteiger partial charge in [0.25, 0.3) is 0 Å². The second kappa shape index (κ2) is 9.60. The molecule has 2 aliphatic heterocycles. The summed E-state index contributed by atoms with van der Waals surface area (Å²) >= 11 is 0. The third-order valence-corrected chi connectivity index (χ3v) is 8.67. The molecule has 6 nitrogen and oxygen atoms in total. The van der Waals surface area contributed by atoms with Gasteiger partial charge in [-0.15, -0.1) is 0 Å². The third kappa shape index (κ3) is 4.72. The highest BCUT2D eigenvalue weighted by molar-refractivity contribution is 7.89. The van der Waals surface area contributed by atoms with Crippen LogP contribution in [0.5, 0.6) is 5.75 Å². The van der Waals surface area contributed by atoms with Crippen LogP contribution in [0.4, 0.5) is 5.69 Å². The molecule has 3 aromatic rings. The SMILES string of the molecule is O=C1C[C@@H]2CCN(S(=O)(=O)c3ccccc3)C[C@@H]2CCOc2ccc(-c3ccccc3)cc2N1. The van der Waals surface area contributed by atoms with Crippen molar-refractivity contribution in [1.29, 1.82) is 0 Å². The van der Waals surface area contributed by atoms with E-state index >= 15 is 0 Å². The Morgan fingerprint density at radius 3 is 2.35 bits per heavy atom. The van der Waals surface area contributed by atoms with Crippen molar-refractivity contribution >= 4 is 21.6 Å². The van der Waals surface area contributed by atoms with Gasteiger partial charge in [0, 0.05) is 19.5 Å². The van der Waals surface area contributed by atoms with Gasteiger partial charge < -0.3 is 10.1 Å². The number of benzene rings is 3. The fourth-order valence-electron chi connectivity index (χ4n) is 4.93. The number of rotatable bonds is 3. The van der Waals surface area contributed by atoms with Gasteiger partial charge in [0.05, 0.1) is 17.2 Å². The van der Waals surface area contributed by atoms with Gasteiger partial charge in [0.2, 0.25) is 15.9 Å². The van der Waals surface area contributed by atoms with E-state index in [1.807, 2.05) is 54.6 Å². The minimum Gasteiger partial charge on any atom is -0.491 e. The zero-order valence-corrected chi connectivity index (χ0v) is 19.7. The molecule has 176 valence electrons. The lowest BCUT2D eigenvalue weighted by Crippen LogP contribution is -2.45. The summed E-state index contributed by atoms with van der Waals surface area (Å²) in [7, 11) is -3.55. The lowest BCUT2D eigenvalue weighted by atomic mass is 9.82. The van der Waals surface area contributed by atoms with Gasteiger partial charge in [0.15, 0.2) is 0 Å². The fraction of sp³-hybridized carbons (Fsp3) is 0.296. The molecule has 1 saturated heterocycles.